The third-order valence-electron chi connectivity index (χ3n) is 6.58. The second-order valence-corrected chi connectivity index (χ2v) is 9.46. The Bertz CT molecular complexity index is 1870. The summed E-state index contributed by atoms with van der Waals surface area (Å²) in [6.45, 7) is 0. The lowest BCUT2D eigenvalue weighted by Crippen LogP contribution is -1.86. The van der Waals surface area contributed by atoms with E-state index in [9.17, 15) is 0 Å². The monoisotopic (exact) mass is 499 g/mol. The van der Waals surface area contributed by atoms with Crippen LogP contribution in [-0.2, 0) is 0 Å². The van der Waals surface area contributed by atoms with E-state index in [2.05, 4.69) is 113 Å². The molecule has 7 aromatic rings. The first-order valence-electron chi connectivity index (χ1n) is 11.2. The summed E-state index contributed by atoms with van der Waals surface area (Å²) in [5.74, 6) is 0. The van der Waals surface area contributed by atoms with E-state index in [0.717, 1.165) is 54.0 Å². The molecule has 3 heteroatoms. The molecule has 0 saturated heterocycles. The molecular formula is C31H18BrNO. The predicted molar refractivity (Wildman–Crippen MR) is 145 cm³/mol. The van der Waals surface area contributed by atoms with E-state index in [1.807, 2.05) is 12.3 Å². The largest absolute Gasteiger partial charge is 0.455 e. The standard InChI is InChI=1S/C31H18BrNO/c32-23-14-11-19(12-15-23)25-7-2-8-26-27-18-22(13-16-28(27)34-31(25)26)24-6-1-4-20-9-10-21-5-3-17-33-30(21)29(20)24/h1-18H. The number of halogens is 1. The molecule has 0 aliphatic rings. The van der Waals surface area contributed by atoms with Gasteiger partial charge in [0.25, 0.3) is 0 Å². The van der Waals surface area contributed by atoms with Gasteiger partial charge in [0.05, 0.1) is 5.52 Å². The smallest absolute Gasteiger partial charge is 0.143 e. The molecule has 0 bridgehead atoms. The average molecular weight is 500 g/mol. The van der Waals surface area contributed by atoms with E-state index >= 15 is 0 Å². The lowest BCUT2D eigenvalue weighted by Gasteiger charge is -2.10. The average Bonchev–Trinajstić information content (AvgIpc) is 3.27. The van der Waals surface area contributed by atoms with Gasteiger partial charge in [-0.25, -0.2) is 0 Å². The molecule has 160 valence electrons. The highest BCUT2D eigenvalue weighted by atomic mass is 79.9. The number of hydrogen-bond donors (Lipinski definition) is 0. The first kappa shape index (κ1) is 19.5. The number of rotatable bonds is 2. The molecule has 0 N–H and O–H groups in total. The van der Waals surface area contributed by atoms with Gasteiger partial charge in [-0.15, -0.1) is 0 Å². The van der Waals surface area contributed by atoms with E-state index in [-0.39, 0.29) is 0 Å². The maximum absolute atomic E-state index is 6.39. The summed E-state index contributed by atoms with van der Waals surface area (Å²) in [6, 6.07) is 36.1. The van der Waals surface area contributed by atoms with Gasteiger partial charge in [0.1, 0.15) is 11.2 Å². The number of para-hydroxylation sites is 1. The molecule has 0 spiro atoms. The number of aromatic nitrogens is 1. The first-order chi connectivity index (χ1) is 16.8. The lowest BCUT2D eigenvalue weighted by molar-refractivity contribution is 0.670. The maximum Gasteiger partial charge on any atom is 0.143 e. The number of nitrogens with zero attached hydrogens (tertiary/aromatic N) is 1. The summed E-state index contributed by atoms with van der Waals surface area (Å²) in [5, 5.41) is 5.77. The second kappa shape index (κ2) is 7.54. The fraction of sp³-hybridized carbons (Fsp3) is 0. The normalized spacial score (nSPS) is 11.7. The van der Waals surface area contributed by atoms with E-state index in [1.54, 1.807) is 0 Å². The SMILES string of the molecule is Brc1ccc(-c2cccc3c2oc2ccc(-c4cccc5ccc6cccnc6c45)cc23)cc1. The Kier molecular flexibility index (Phi) is 4.33. The number of fused-ring (bicyclic) bond motifs is 6. The van der Waals surface area contributed by atoms with Crippen molar-refractivity contribution in [3.63, 3.8) is 0 Å². The highest BCUT2D eigenvalue weighted by molar-refractivity contribution is 9.10. The van der Waals surface area contributed by atoms with E-state index < -0.39 is 0 Å². The Morgan fingerprint density at radius 2 is 1.38 bits per heavy atom. The summed E-state index contributed by atoms with van der Waals surface area (Å²) in [7, 11) is 0. The Morgan fingerprint density at radius 3 is 2.29 bits per heavy atom. The number of hydrogen-bond acceptors (Lipinski definition) is 2. The van der Waals surface area contributed by atoms with Crippen molar-refractivity contribution in [3.8, 4) is 22.3 Å². The minimum Gasteiger partial charge on any atom is -0.455 e. The van der Waals surface area contributed by atoms with Gasteiger partial charge in [0.15, 0.2) is 0 Å². The van der Waals surface area contributed by atoms with E-state index in [4.69, 9.17) is 9.40 Å². The van der Waals surface area contributed by atoms with Crippen LogP contribution in [0.25, 0.3) is 65.9 Å². The number of furan rings is 1. The zero-order valence-electron chi connectivity index (χ0n) is 18.1. The van der Waals surface area contributed by atoms with Gasteiger partial charge >= 0.3 is 0 Å². The quantitative estimate of drug-likeness (QED) is 0.221. The summed E-state index contributed by atoms with van der Waals surface area (Å²) >= 11 is 3.53. The number of benzene rings is 5. The van der Waals surface area contributed by atoms with Crippen molar-refractivity contribution in [1.82, 2.24) is 4.98 Å². The maximum atomic E-state index is 6.39. The Morgan fingerprint density at radius 1 is 0.618 bits per heavy atom. The van der Waals surface area contributed by atoms with Crippen molar-refractivity contribution in [1.29, 1.82) is 0 Å². The molecule has 0 unspecified atom stereocenters. The topological polar surface area (TPSA) is 26.0 Å². The predicted octanol–water partition coefficient (Wildman–Crippen LogP) is 9.38. The van der Waals surface area contributed by atoms with Gasteiger partial charge in [-0.1, -0.05) is 88.7 Å². The highest BCUT2D eigenvalue weighted by Crippen LogP contribution is 2.39. The Balaban J connectivity index is 1.49. The molecule has 0 amide bonds. The van der Waals surface area contributed by atoms with Crippen LogP contribution in [0.4, 0.5) is 0 Å². The minimum absolute atomic E-state index is 0.895. The molecule has 0 aliphatic carbocycles. The van der Waals surface area contributed by atoms with Gasteiger partial charge in [0.2, 0.25) is 0 Å². The Hall–Kier alpha value is -3.95. The fourth-order valence-electron chi connectivity index (χ4n) is 4.98. The van der Waals surface area contributed by atoms with Crippen LogP contribution in [0.2, 0.25) is 0 Å². The van der Waals surface area contributed by atoms with Crippen LogP contribution in [0.3, 0.4) is 0 Å². The molecule has 0 saturated carbocycles. The van der Waals surface area contributed by atoms with Crippen molar-refractivity contribution < 1.29 is 4.42 Å². The van der Waals surface area contributed by atoms with Crippen LogP contribution in [0.15, 0.2) is 118 Å². The Labute approximate surface area is 204 Å². The fourth-order valence-corrected chi connectivity index (χ4v) is 5.24. The third kappa shape index (κ3) is 2.98. The minimum atomic E-state index is 0.895. The summed E-state index contributed by atoms with van der Waals surface area (Å²) in [4.78, 5) is 4.73. The lowest BCUT2D eigenvalue weighted by atomic mass is 9.95. The summed E-state index contributed by atoms with van der Waals surface area (Å²) in [6.07, 6.45) is 1.87. The molecule has 0 fully saturated rings. The summed E-state index contributed by atoms with van der Waals surface area (Å²) in [5.41, 5.74) is 7.43. The first-order valence-corrected chi connectivity index (χ1v) is 12.0. The molecule has 7 rings (SSSR count). The zero-order valence-corrected chi connectivity index (χ0v) is 19.7. The van der Waals surface area contributed by atoms with Crippen molar-refractivity contribution in [3.05, 3.63) is 114 Å². The van der Waals surface area contributed by atoms with E-state index in [1.165, 1.54) is 16.3 Å². The molecule has 2 aromatic heterocycles. The van der Waals surface area contributed by atoms with Gasteiger partial charge in [0, 0.05) is 37.8 Å². The molecule has 0 radical (unpaired) electrons. The van der Waals surface area contributed by atoms with Crippen LogP contribution in [0.5, 0.6) is 0 Å². The molecule has 2 nitrogen and oxygen atoms in total. The summed E-state index contributed by atoms with van der Waals surface area (Å²) < 4.78 is 7.46. The van der Waals surface area contributed by atoms with Crippen molar-refractivity contribution >= 4 is 59.5 Å². The van der Waals surface area contributed by atoms with Gasteiger partial charge in [-0.2, -0.15) is 0 Å². The molecule has 5 aromatic carbocycles. The van der Waals surface area contributed by atoms with E-state index in [0.29, 0.717) is 0 Å². The second-order valence-electron chi connectivity index (χ2n) is 8.55. The van der Waals surface area contributed by atoms with Crippen LogP contribution in [0.1, 0.15) is 0 Å². The molecular weight excluding hydrogens is 482 g/mol. The van der Waals surface area contributed by atoms with Gasteiger partial charge in [-0.05, 0) is 52.4 Å². The molecule has 34 heavy (non-hydrogen) atoms. The zero-order chi connectivity index (χ0) is 22.6. The van der Waals surface area contributed by atoms with Crippen molar-refractivity contribution in [2.75, 3.05) is 0 Å². The number of pyridine rings is 1. The molecule has 0 aliphatic heterocycles. The molecule has 2 heterocycles. The van der Waals surface area contributed by atoms with Gasteiger partial charge < -0.3 is 4.42 Å². The van der Waals surface area contributed by atoms with Crippen molar-refractivity contribution in [2.24, 2.45) is 0 Å². The molecule has 0 atom stereocenters. The highest BCUT2D eigenvalue weighted by Gasteiger charge is 2.15. The van der Waals surface area contributed by atoms with Crippen LogP contribution >= 0.6 is 15.9 Å². The van der Waals surface area contributed by atoms with Gasteiger partial charge in [-0.3, -0.25) is 4.98 Å². The van der Waals surface area contributed by atoms with Crippen LogP contribution in [0, 0.1) is 0 Å². The van der Waals surface area contributed by atoms with Crippen LogP contribution < -0.4 is 0 Å². The van der Waals surface area contributed by atoms with Crippen molar-refractivity contribution in [2.45, 2.75) is 0 Å². The third-order valence-corrected chi connectivity index (χ3v) is 7.11. The van der Waals surface area contributed by atoms with Crippen LogP contribution in [-0.4, -0.2) is 4.98 Å².